The fourth-order valence-corrected chi connectivity index (χ4v) is 3.33. The van der Waals surface area contributed by atoms with E-state index >= 15 is 0 Å². The van der Waals surface area contributed by atoms with E-state index in [1.54, 1.807) is 11.8 Å². The van der Waals surface area contributed by atoms with Crippen LogP contribution in [0.1, 0.15) is 25.7 Å². The molecular formula is C10H17N3OS. The standard InChI is InChI=1S/C10H17N3OS/c1-6-8(11-3)4-5-9(6)15-10-13-12-7(2)14-10/h6,8-9,11H,4-5H2,1-3H3. The Bertz CT molecular complexity index is 328. The molecule has 0 aromatic carbocycles. The summed E-state index contributed by atoms with van der Waals surface area (Å²) in [5.41, 5.74) is 0. The average Bonchev–Trinajstić information content (AvgIpc) is 2.76. The molecule has 1 aromatic rings. The minimum absolute atomic E-state index is 0.599. The van der Waals surface area contributed by atoms with Crippen molar-refractivity contribution >= 4 is 11.8 Å². The summed E-state index contributed by atoms with van der Waals surface area (Å²) in [6.45, 7) is 4.11. The first kappa shape index (κ1) is 11.0. The smallest absolute Gasteiger partial charge is 0.276 e. The third kappa shape index (κ3) is 2.34. The summed E-state index contributed by atoms with van der Waals surface area (Å²) in [6.07, 6.45) is 2.46. The molecule has 0 radical (unpaired) electrons. The average molecular weight is 227 g/mol. The molecule has 0 aliphatic heterocycles. The summed E-state index contributed by atoms with van der Waals surface area (Å²) >= 11 is 1.72. The van der Waals surface area contributed by atoms with Gasteiger partial charge in [0.1, 0.15) is 0 Å². The Morgan fingerprint density at radius 3 is 2.73 bits per heavy atom. The van der Waals surface area contributed by atoms with Crippen molar-refractivity contribution in [2.24, 2.45) is 5.92 Å². The van der Waals surface area contributed by atoms with Gasteiger partial charge in [0.05, 0.1) is 0 Å². The number of thioether (sulfide) groups is 1. The topological polar surface area (TPSA) is 51.0 Å². The van der Waals surface area contributed by atoms with E-state index in [4.69, 9.17) is 4.42 Å². The van der Waals surface area contributed by atoms with Crippen molar-refractivity contribution in [3.8, 4) is 0 Å². The van der Waals surface area contributed by atoms with E-state index in [9.17, 15) is 0 Å². The molecule has 0 amide bonds. The molecule has 5 heteroatoms. The van der Waals surface area contributed by atoms with Crippen molar-refractivity contribution in [2.75, 3.05) is 7.05 Å². The van der Waals surface area contributed by atoms with E-state index in [1.165, 1.54) is 12.8 Å². The van der Waals surface area contributed by atoms with Crippen LogP contribution in [0.15, 0.2) is 9.64 Å². The maximum absolute atomic E-state index is 5.38. The lowest BCUT2D eigenvalue weighted by Crippen LogP contribution is -2.29. The van der Waals surface area contributed by atoms with Gasteiger partial charge < -0.3 is 9.73 Å². The lowest BCUT2D eigenvalue weighted by Gasteiger charge is -2.18. The van der Waals surface area contributed by atoms with Crippen LogP contribution in [0.5, 0.6) is 0 Å². The number of nitrogens with one attached hydrogen (secondary N) is 1. The summed E-state index contributed by atoms with van der Waals surface area (Å²) in [5.74, 6) is 1.31. The van der Waals surface area contributed by atoms with Crippen LogP contribution >= 0.6 is 11.8 Å². The Morgan fingerprint density at radius 2 is 2.20 bits per heavy atom. The quantitative estimate of drug-likeness (QED) is 0.854. The van der Waals surface area contributed by atoms with E-state index in [2.05, 4.69) is 22.4 Å². The van der Waals surface area contributed by atoms with Crippen LogP contribution in [0.2, 0.25) is 0 Å². The normalized spacial score (nSPS) is 31.0. The number of nitrogens with zero attached hydrogens (tertiary/aromatic N) is 2. The lowest BCUT2D eigenvalue weighted by molar-refractivity contribution is 0.424. The van der Waals surface area contributed by atoms with Gasteiger partial charge in [-0.15, -0.1) is 10.2 Å². The molecule has 1 heterocycles. The highest BCUT2D eigenvalue weighted by molar-refractivity contribution is 7.99. The van der Waals surface area contributed by atoms with E-state index in [0.717, 1.165) is 0 Å². The SMILES string of the molecule is CNC1CCC(Sc2nnc(C)o2)C1C. The molecule has 1 N–H and O–H groups in total. The second kappa shape index (κ2) is 4.53. The molecule has 1 aliphatic carbocycles. The first-order chi connectivity index (χ1) is 7.20. The molecule has 1 aliphatic rings. The Balaban J connectivity index is 1.96. The van der Waals surface area contributed by atoms with Crippen molar-refractivity contribution in [1.29, 1.82) is 0 Å². The third-order valence-corrected chi connectivity index (χ3v) is 4.45. The molecule has 0 spiro atoms. The van der Waals surface area contributed by atoms with Crippen LogP contribution in [0, 0.1) is 12.8 Å². The molecule has 1 aromatic heterocycles. The molecule has 1 saturated carbocycles. The lowest BCUT2D eigenvalue weighted by atomic mass is 10.1. The predicted octanol–water partition coefficient (Wildman–Crippen LogP) is 1.86. The van der Waals surface area contributed by atoms with Crippen LogP contribution < -0.4 is 5.32 Å². The maximum Gasteiger partial charge on any atom is 0.276 e. The Hall–Kier alpha value is -0.550. The first-order valence-corrected chi connectivity index (χ1v) is 6.22. The van der Waals surface area contributed by atoms with Crippen molar-refractivity contribution in [2.45, 2.75) is 43.2 Å². The monoisotopic (exact) mass is 227 g/mol. The summed E-state index contributed by atoms with van der Waals surface area (Å²) in [6, 6.07) is 0.631. The van der Waals surface area contributed by atoms with E-state index in [0.29, 0.717) is 28.3 Å². The van der Waals surface area contributed by atoms with Crippen LogP contribution in [-0.2, 0) is 0 Å². The number of aryl methyl sites for hydroxylation is 1. The highest BCUT2D eigenvalue weighted by Crippen LogP contribution is 2.38. The van der Waals surface area contributed by atoms with Gasteiger partial charge in [0, 0.05) is 18.2 Å². The number of rotatable bonds is 3. The Kier molecular flexibility index (Phi) is 3.31. The van der Waals surface area contributed by atoms with Gasteiger partial charge in [0.2, 0.25) is 5.89 Å². The fourth-order valence-electron chi connectivity index (χ4n) is 2.16. The van der Waals surface area contributed by atoms with Gasteiger partial charge in [-0.25, -0.2) is 0 Å². The number of hydrogen-bond acceptors (Lipinski definition) is 5. The minimum Gasteiger partial charge on any atom is -0.416 e. The molecule has 0 saturated heterocycles. The second-order valence-corrected chi connectivity index (χ2v) is 5.27. The van der Waals surface area contributed by atoms with Crippen molar-refractivity contribution in [3.63, 3.8) is 0 Å². The summed E-state index contributed by atoms with van der Waals surface area (Å²) in [5, 5.41) is 12.5. The Labute approximate surface area is 94.2 Å². The van der Waals surface area contributed by atoms with Gasteiger partial charge in [-0.2, -0.15) is 0 Å². The molecule has 4 nitrogen and oxygen atoms in total. The third-order valence-electron chi connectivity index (χ3n) is 3.11. The van der Waals surface area contributed by atoms with Crippen molar-refractivity contribution in [1.82, 2.24) is 15.5 Å². The van der Waals surface area contributed by atoms with Gasteiger partial charge >= 0.3 is 0 Å². The van der Waals surface area contributed by atoms with Gasteiger partial charge in [0.15, 0.2) is 0 Å². The first-order valence-electron chi connectivity index (χ1n) is 5.34. The maximum atomic E-state index is 5.38. The summed E-state index contributed by atoms with van der Waals surface area (Å²) < 4.78 is 5.38. The van der Waals surface area contributed by atoms with Gasteiger partial charge in [-0.1, -0.05) is 18.7 Å². The largest absolute Gasteiger partial charge is 0.416 e. The number of aromatic nitrogens is 2. The van der Waals surface area contributed by atoms with Crippen LogP contribution in [0.25, 0.3) is 0 Å². The van der Waals surface area contributed by atoms with E-state index in [-0.39, 0.29) is 0 Å². The van der Waals surface area contributed by atoms with Gasteiger partial charge in [-0.3, -0.25) is 0 Å². The number of hydrogen-bond donors (Lipinski definition) is 1. The van der Waals surface area contributed by atoms with Gasteiger partial charge in [0.25, 0.3) is 5.22 Å². The Morgan fingerprint density at radius 1 is 1.40 bits per heavy atom. The molecule has 0 bridgehead atoms. The zero-order chi connectivity index (χ0) is 10.8. The molecular weight excluding hydrogens is 210 g/mol. The molecule has 3 atom stereocenters. The highest BCUT2D eigenvalue weighted by atomic mass is 32.2. The van der Waals surface area contributed by atoms with Crippen LogP contribution in [0.3, 0.4) is 0 Å². The zero-order valence-corrected chi connectivity index (χ0v) is 10.2. The summed E-state index contributed by atoms with van der Waals surface area (Å²) in [7, 11) is 2.03. The molecule has 3 unspecified atom stereocenters. The van der Waals surface area contributed by atoms with Crippen molar-refractivity contribution < 1.29 is 4.42 Å². The highest BCUT2D eigenvalue weighted by Gasteiger charge is 2.33. The van der Waals surface area contributed by atoms with Gasteiger partial charge in [-0.05, 0) is 25.8 Å². The minimum atomic E-state index is 0.599. The van der Waals surface area contributed by atoms with Crippen molar-refractivity contribution in [3.05, 3.63) is 5.89 Å². The van der Waals surface area contributed by atoms with E-state index < -0.39 is 0 Å². The summed E-state index contributed by atoms with van der Waals surface area (Å²) in [4.78, 5) is 0. The van der Waals surface area contributed by atoms with Crippen LogP contribution in [0.4, 0.5) is 0 Å². The molecule has 15 heavy (non-hydrogen) atoms. The molecule has 84 valence electrons. The zero-order valence-electron chi connectivity index (χ0n) is 9.36. The predicted molar refractivity (Wildman–Crippen MR) is 59.9 cm³/mol. The fraction of sp³-hybridized carbons (Fsp3) is 0.800. The molecule has 1 fully saturated rings. The second-order valence-electron chi connectivity index (χ2n) is 4.07. The molecule has 2 rings (SSSR count). The van der Waals surface area contributed by atoms with E-state index in [1.807, 2.05) is 14.0 Å². The van der Waals surface area contributed by atoms with Crippen LogP contribution in [-0.4, -0.2) is 28.5 Å².